The third-order valence-corrected chi connectivity index (χ3v) is 6.28. The first kappa shape index (κ1) is 21.4. The van der Waals surface area contributed by atoms with Crippen LogP contribution in [0, 0.1) is 0 Å². The van der Waals surface area contributed by atoms with Gasteiger partial charge < -0.3 is 10.1 Å². The molecule has 2 aliphatic heterocycles. The number of hydrogen-bond acceptors (Lipinski definition) is 4. The Kier molecular flexibility index (Phi) is 6.56. The van der Waals surface area contributed by atoms with E-state index in [0.29, 0.717) is 24.0 Å². The number of ether oxygens (including phenoxy) is 1. The second-order valence-corrected chi connectivity index (χ2v) is 8.51. The number of hydrogen-bond donors (Lipinski definition) is 1. The molecule has 1 saturated heterocycles. The van der Waals surface area contributed by atoms with Crippen LogP contribution in [0.15, 0.2) is 48.5 Å². The standard InChI is InChI=1S/C25H31N3O3/c1-18-9-7-8-14-27(18)16-21-11-4-3-10-20(21)15-26-24(29)17-28-22-12-5-6-13-23(22)31-19(2)25(28)30/h3-6,10-13,18-19H,7-9,14-17H2,1-2H3,(H,26,29). The lowest BCUT2D eigenvalue weighted by molar-refractivity contribution is -0.128. The molecule has 0 spiro atoms. The summed E-state index contributed by atoms with van der Waals surface area (Å²) in [6.07, 6.45) is 3.19. The van der Waals surface area contributed by atoms with Gasteiger partial charge in [0.25, 0.3) is 5.91 Å². The number of piperidine rings is 1. The van der Waals surface area contributed by atoms with E-state index in [-0.39, 0.29) is 18.4 Å². The maximum absolute atomic E-state index is 12.7. The van der Waals surface area contributed by atoms with E-state index in [1.54, 1.807) is 6.92 Å². The molecule has 31 heavy (non-hydrogen) atoms. The summed E-state index contributed by atoms with van der Waals surface area (Å²) in [5.74, 6) is 0.245. The Morgan fingerprint density at radius 3 is 2.61 bits per heavy atom. The van der Waals surface area contributed by atoms with E-state index in [2.05, 4.69) is 35.3 Å². The summed E-state index contributed by atoms with van der Waals surface area (Å²) in [5.41, 5.74) is 3.01. The summed E-state index contributed by atoms with van der Waals surface area (Å²) < 4.78 is 5.65. The third-order valence-electron chi connectivity index (χ3n) is 6.28. The first-order valence-corrected chi connectivity index (χ1v) is 11.2. The van der Waals surface area contributed by atoms with Gasteiger partial charge in [0.05, 0.1) is 5.69 Å². The van der Waals surface area contributed by atoms with Crippen LogP contribution in [0.3, 0.4) is 0 Å². The minimum atomic E-state index is -0.602. The topological polar surface area (TPSA) is 61.9 Å². The molecule has 2 unspecified atom stereocenters. The number of para-hydroxylation sites is 2. The highest BCUT2D eigenvalue weighted by molar-refractivity contribution is 6.03. The Labute approximate surface area is 184 Å². The van der Waals surface area contributed by atoms with Crippen LogP contribution in [0.5, 0.6) is 5.75 Å². The van der Waals surface area contributed by atoms with Gasteiger partial charge in [0.15, 0.2) is 6.10 Å². The molecule has 2 heterocycles. The quantitative estimate of drug-likeness (QED) is 0.776. The lowest BCUT2D eigenvalue weighted by Gasteiger charge is -2.34. The lowest BCUT2D eigenvalue weighted by Crippen LogP contribution is -2.48. The Morgan fingerprint density at radius 2 is 1.81 bits per heavy atom. The number of benzene rings is 2. The van der Waals surface area contributed by atoms with Crippen molar-refractivity contribution in [3.63, 3.8) is 0 Å². The fourth-order valence-corrected chi connectivity index (χ4v) is 4.41. The average Bonchev–Trinajstić information content (AvgIpc) is 2.78. The summed E-state index contributed by atoms with van der Waals surface area (Å²) in [4.78, 5) is 29.4. The van der Waals surface area contributed by atoms with Crippen molar-refractivity contribution < 1.29 is 14.3 Å². The zero-order valence-corrected chi connectivity index (χ0v) is 18.3. The number of likely N-dealkylation sites (tertiary alicyclic amines) is 1. The van der Waals surface area contributed by atoms with Gasteiger partial charge in [0.2, 0.25) is 5.91 Å². The zero-order chi connectivity index (χ0) is 21.8. The van der Waals surface area contributed by atoms with Crippen molar-refractivity contribution in [1.29, 1.82) is 0 Å². The smallest absolute Gasteiger partial charge is 0.268 e. The Balaban J connectivity index is 1.40. The van der Waals surface area contributed by atoms with Crippen molar-refractivity contribution in [1.82, 2.24) is 10.2 Å². The molecule has 4 rings (SSSR count). The van der Waals surface area contributed by atoms with Gasteiger partial charge in [-0.05, 0) is 56.5 Å². The highest BCUT2D eigenvalue weighted by Gasteiger charge is 2.32. The largest absolute Gasteiger partial charge is 0.479 e. The van der Waals surface area contributed by atoms with Crippen LogP contribution >= 0.6 is 0 Å². The van der Waals surface area contributed by atoms with Crippen molar-refractivity contribution in [2.45, 2.75) is 58.3 Å². The highest BCUT2D eigenvalue weighted by Crippen LogP contribution is 2.33. The van der Waals surface area contributed by atoms with Gasteiger partial charge in [-0.1, -0.05) is 42.8 Å². The molecular formula is C25H31N3O3. The van der Waals surface area contributed by atoms with E-state index in [9.17, 15) is 9.59 Å². The van der Waals surface area contributed by atoms with Gasteiger partial charge >= 0.3 is 0 Å². The summed E-state index contributed by atoms with van der Waals surface area (Å²) in [5, 5.41) is 3.01. The van der Waals surface area contributed by atoms with E-state index < -0.39 is 6.10 Å². The van der Waals surface area contributed by atoms with Crippen LogP contribution in [0.1, 0.15) is 44.2 Å². The normalized spacial score (nSPS) is 21.4. The van der Waals surface area contributed by atoms with Gasteiger partial charge in [-0.2, -0.15) is 0 Å². The van der Waals surface area contributed by atoms with Crippen LogP contribution < -0.4 is 15.0 Å². The molecule has 6 nitrogen and oxygen atoms in total. The predicted molar refractivity (Wildman–Crippen MR) is 121 cm³/mol. The molecule has 1 fully saturated rings. The number of fused-ring (bicyclic) bond motifs is 1. The van der Waals surface area contributed by atoms with Crippen molar-refractivity contribution in [2.75, 3.05) is 18.0 Å². The van der Waals surface area contributed by atoms with Gasteiger partial charge in [0, 0.05) is 19.1 Å². The van der Waals surface area contributed by atoms with Crippen LogP contribution in [0.25, 0.3) is 0 Å². The minimum Gasteiger partial charge on any atom is -0.479 e. The summed E-state index contributed by atoms with van der Waals surface area (Å²) in [7, 11) is 0. The highest BCUT2D eigenvalue weighted by atomic mass is 16.5. The molecule has 2 aromatic carbocycles. The second-order valence-electron chi connectivity index (χ2n) is 8.51. The number of amides is 2. The Hall–Kier alpha value is -2.86. The molecule has 0 bridgehead atoms. The number of nitrogens with one attached hydrogen (secondary N) is 1. The molecule has 2 aromatic rings. The predicted octanol–water partition coefficient (Wildman–Crippen LogP) is 3.49. The van der Waals surface area contributed by atoms with E-state index in [4.69, 9.17) is 4.74 Å². The number of anilines is 1. The van der Waals surface area contributed by atoms with Gasteiger partial charge in [0.1, 0.15) is 12.3 Å². The fraction of sp³-hybridized carbons (Fsp3) is 0.440. The number of carbonyl (C=O) groups excluding carboxylic acids is 2. The molecule has 6 heteroatoms. The lowest BCUT2D eigenvalue weighted by atomic mass is 10.0. The minimum absolute atomic E-state index is 0.0190. The molecule has 2 atom stereocenters. The molecule has 2 aliphatic rings. The zero-order valence-electron chi connectivity index (χ0n) is 18.3. The number of rotatable bonds is 6. The van der Waals surface area contributed by atoms with Crippen molar-refractivity contribution in [3.05, 3.63) is 59.7 Å². The maximum atomic E-state index is 12.7. The molecule has 2 amide bonds. The average molecular weight is 422 g/mol. The first-order chi connectivity index (χ1) is 15.0. The SMILES string of the molecule is CC1Oc2ccccc2N(CC(=O)NCc2ccccc2CN2CCCCC2C)C1=O. The van der Waals surface area contributed by atoms with E-state index in [1.165, 1.54) is 29.7 Å². The van der Waals surface area contributed by atoms with E-state index in [1.807, 2.05) is 30.3 Å². The summed E-state index contributed by atoms with van der Waals surface area (Å²) >= 11 is 0. The van der Waals surface area contributed by atoms with Gasteiger partial charge in [-0.3, -0.25) is 19.4 Å². The van der Waals surface area contributed by atoms with Gasteiger partial charge in [-0.25, -0.2) is 0 Å². The van der Waals surface area contributed by atoms with Crippen molar-refractivity contribution in [3.8, 4) is 5.75 Å². The van der Waals surface area contributed by atoms with Crippen LogP contribution in [0.2, 0.25) is 0 Å². The fourth-order valence-electron chi connectivity index (χ4n) is 4.41. The van der Waals surface area contributed by atoms with Crippen molar-refractivity contribution in [2.24, 2.45) is 0 Å². The van der Waals surface area contributed by atoms with Crippen LogP contribution in [-0.4, -0.2) is 41.9 Å². The summed E-state index contributed by atoms with van der Waals surface area (Å²) in [6.45, 7) is 6.46. The Morgan fingerprint density at radius 1 is 1.06 bits per heavy atom. The molecule has 0 radical (unpaired) electrons. The van der Waals surface area contributed by atoms with E-state index in [0.717, 1.165) is 18.7 Å². The monoisotopic (exact) mass is 421 g/mol. The third kappa shape index (κ3) is 4.90. The Bertz CT molecular complexity index is 945. The molecule has 164 valence electrons. The van der Waals surface area contributed by atoms with Crippen LogP contribution in [0.4, 0.5) is 5.69 Å². The number of nitrogens with zero attached hydrogens (tertiary/aromatic N) is 2. The van der Waals surface area contributed by atoms with E-state index >= 15 is 0 Å². The second kappa shape index (κ2) is 9.52. The molecule has 0 aliphatic carbocycles. The molecule has 0 aromatic heterocycles. The number of carbonyl (C=O) groups is 2. The molecular weight excluding hydrogens is 390 g/mol. The van der Waals surface area contributed by atoms with Crippen molar-refractivity contribution >= 4 is 17.5 Å². The molecule has 1 N–H and O–H groups in total. The molecule has 0 saturated carbocycles. The van der Waals surface area contributed by atoms with Crippen LogP contribution in [-0.2, 0) is 22.7 Å². The van der Waals surface area contributed by atoms with Gasteiger partial charge in [-0.15, -0.1) is 0 Å². The summed E-state index contributed by atoms with van der Waals surface area (Å²) in [6, 6.07) is 16.2. The maximum Gasteiger partial charge on any atom is 0.268 e. The first-order valence-electron chi connectivity index (χ1n) is 11.2.